The lowest BCUT2D eigenvalue weighted by Crippen LogP contribution is -2.22. The number of carbonyl (C=O) groups is 1. The van der Waals surface area contributed by atoms with Gasteiger partial charge in [-0.05, 0) is 43.0 Å². The number of benzene rings is 2. The van der Waals surface area contributed by atoms with E-state index in [0.29, 0.717) is 22.9 Å². The Balaban J connectivity index is 1.41. The molecule has 1 saturated heterocycles. The van der Waals surface area contributed by atoms with E-state index in [1.807, 2.05) is 24.3 Å². The van der Waals surface area contributed by atoms with E-state index in [1.54, 1.807) is 18.3 Å². The van der Waals surface area contributed by atoms with Crippen LogP contribution in [0.2, 0.25) is 0 Å². The van der Waals surface area contributed by atoms with Crippen LogP contribution >= 0.6 is 0 Å². The van der Waals surface area contributed by atoms with Crippen LogP contribution in [0.25, 0.3) is 5.57 Å². The summed E-state index contributed by atoms with van der Waals surface area (Å²) in [6.45, 7) is 2.31. The monoisotopic (exact) mass is 367 g/mol. The fourth-order valence-corrected chi connectivity index (χ4v) is 3.39. The number of fused-ring (bicyclic) bond motifs is 1. The molecular formula is C21H22FN3O2. The second kappa shape index (κ2) is 7.80. The molecule has 0 radical (unpaired) electrons. The van der Waals surface area contributed by atoms with Crippen molar-refractivity contribution in [1.82, 2.24) is 0 Å². The normalized spacial score (nSPS) is 18.3. The number of hydrogen-bond donors (Lipinski definition) is 3. The Morgan fingerprint density at radius 3 is 2.81 bits per heavy atom. The van der Waals surface area contributed by atoms with Gasteiger partial charge in [0.05, 0.1) is 11.3 Å². The van der Waals surface area contributed by atoms with Gasteiger partial charge < -0.3 is 20.7 Å². The van der Waals surface area contributed by atoms with Crippen molar-refractivity contribution in [2.24, 2.45) is 5.92 Å². The standard InChI is InChI=1S/C21H22FN3O2/c22-18-11-15(5-6-20(18)24-12-14-7-9-27-10-8-14)23-13-17-16-3-1-2-4-19(16)25-21(17)26/h1-6,11,13-14,23-24H,7-10,12H2,(H,25,26). The summed E-state index contributed by atoms with van der Waals surface area (Å²) in [4.78, 5) is 12.1. The highest BCUT2D eigenvalue weighted by atomic mass is 19.1. The SMILES string of the molecule is O=C1Nc2ccccc2C1=CNc1ccc(NCC2CCOCC2)c(F)c1. The summed E-state index contributed by atoms with van der Waals surface area (Å²) in [5.41, 5.74) is 3.24. The van der Waals surface area contributed by atoms with Gasteiger partial charge >= 0.3 is 0 Å². The Bertz CT molecular complexity index is 875. The van der Waals surface area contributed by atoms with Crippen LogP contribution in [-0.2, 0) is 9.53 Å². The molecule has 0 aromatic heterocycles. The first-order valence-electron chi connectivity index (χ1n) is 9.19. The van der Waals surface area contributed by atoms with Gasteiger partial charge in [-0.3, -0.25) is 4.79 Å². The van der Waals surface area contributed by atoms with Gasteiger partial charge in [-0.2, -0.15) is 0 Å². The van der Waals surface area contributed by atoms with Crippen molar-refractivity contribution >= 4 is 28.5 Å². The summed E-state index contributed by atoms with van der Waals surface area (Å²) in [7, 11) is 0. The van der Waals surface area contributed by atoms with E-state index in [0.717, 1.165) is 43.9 Å². The highest BCUT2D eigenvalue weighted by Crippen LogP contribution is 2.31. The molecule has 2 aliphatic rings. The third-order valence-electron chi connectivity index (χ3n) is 4.98. The molecule has 2 aromatic rings. The first-order valence-corrected chi connectivity index (χ1v) is 9.19. The zero-order chi connectivity index (χ0) is 18.6. The van der Waals surface area contributed by atoms with E-state index < -0.39 is 0 Å². The third-order valence-corrected chi connectivity index (χ3v) is 4.98. The number of para-hydroxylation sites is 1. The fraction of sp³-hybridized carbons (Fsp3) is 0.286. The fourth-order valence-electron chi connectivity index (χ4n) is 3.39. The smallest absolute Gasteiger partial charge is 0.257 e. The van der Waals surface area contributed by atoms with Gasteiger partial charge in [0.25, 0.3) is 5.91 Å². The number of carbonyl (C=O) groups excluding carboxylic acids is 1. The van der Waals surface area contributed by atoms with Crippen molar-refractivity contribution in [2.75, 3.05) is 35.7 Å². The molecule has 0 atom stereocenters. The average Bonchev–Trinajstić information content (AvgIpc) is 3.01. The van der Waals surface area contributed by atoms with E-state index in [4.69, 9.17) is 4.74 Å². The number of ether oxygens (including phenoxy) is 1. The molecular weight excluding hydrogens is 345 g/mol. The molecule has 0 saturated carbocycles. The predicted molar refractivity (Wildman–Crippen MR) is 105 cm³/mol. The lowest BCUT2D eigenvalue weighted by Gasteiger charge is -2.22. The summed E-state index contributed by atoms with van der Waals surface area (Å²) in [6, 6.07) is 12.4. The maximum atomic E-state index is 14.4. The van der Waals surface area contributed by atoms with Crippen LogP contribution in [0.4, 0.5) is 21.5 Å². The topological polar surface area (TPSA) is 62.4 Å². The van der Waals surface area contributed by atoms with Gasteiger partial charge in [-0.15, -0.1) is 0 Å². The molecule has 2 aromatic carbocycles. The van der Waals surface area contributed by atoms with Gasteiger partial charge in [0.2, 0.25) is 0 Å². The summed E-state index contributed by atoms with van der Waals surface area (Å²) >= 11 is 0. The molecule has 27 heavy (non-hydrogen) atoms. The van der Waals surface area contributed by atoms with Crippen LogP contribution in [0.5, 0.6) is 0 Å². The lowest BCUT2D eigenvalue weighted by atomic mass is 10.0. The van der Waals surface area contributed by atoms with Gasteiger partial charge in [-0.1, -0.05) is 18.2 Å². The summed E-state index contributed by atoms with van der Waals surface area (Å²) in [5, 5.41) is 9.03. The Hall–Kier alpha value is -2.86. The van der Waals surface area contributed by atoms with Crippen molar-refractivity contribution in [3.63, 3.8) is 0 Å². The number of hydrogen-bond acceptors (Lipinski definition) is 4. The minimum atomic E-state index is -0.318. The quantitative estimate of drug-likeness (QED) is 0.697. The number of halogens is 1. The Morgan fingerprint density at radius 1 is 1.19 bits per heavy atom. The van der Waals surface area contributed by atoms with Crippen molar-refractivity contribution in [1.29, 1.82) is 0 Å². The van der Waals surface area contributed by atoms with Crippen LogP contribution in [0.1, 0.15) is 18.4 Å². The van der Waals surface area contributed by atoms with E-state index in [-0.39, 0.29) is 11.7 Å². The van der Waals surface area contributed by atoms with Crippen LogP contribution in [-0.4, -0.2) is 25.7 Å². The lowest BCUT2D eigenvalue weighted by molar-refractivity contribution is -0.110. The second-order valence-corrected chi connectivity index (χ2v) is 6.83. The molecule has 5 nitrogen and oxygen atoms in total. The van der Waals surface area contributed by atoms with Crippen molar-refractivity contribution in [3.05, 3.63) is 60.0 Å². The molecule has 4 rings (SSSR count). The molecule has 0 bridgehead atoms. The summed E-state index contributed by atoms with van der Waals surface area (Å²) < 4.78 is 19.7. The van der Waals surface area contributed by atoms with Crippen LogP contribution < -0.4 is 16.0 Å². The van der Waals surface area contributed by atoms with Crippen LogP contribution in [0.3, 0.4) is 0 Å². The summed E-state index contributed by atoms with van der Waals surface area (Å²) in [6.07, 6.45) is 3.63. The van der Waals surface area contributed by atoms with Gasteiger partial charge in [-0.25, -0.2) is 4.39 Å². The van der Waals surface area contributed by atoms with Crippen LogP contribution in [0, 0.1) is 11.7 Å². The first kappa shape index (κ1) is 17.5. The minimum absolute atomic E-state index is 0.168. The van der Waals surface area contributed by atoms with Crippen molar-refractivity contribution in [2.45, 2.75) is 12.8 Å². The molecule has 3 N–H and O–H groups in total. The molecule has 1 amide bonds. The molecule has 1 fully saturated rings. The molecule has 2 heterocycles. The Morgan fingerprint density at radius 2 is 2.00 bits per heavy atom. The maximum Gasteiger partial charge on any atom is 0.257 e. The molecule has 140 valence electrons. The van der Waals surface area contributed by atoms with Gasteiger partial charge in [0.1, 0.15) is 5.82 Å². The Kier molecular flexibility index (Phi) is 5.07. The van der Waals surface area contributed by atoms with Gasteiger partial charge in [0, 0.05) is 42.9 Å². The highest BCUT2D eigenvalue weighted by Gasteiger charge is 2.23. The molecule has 0 aliphatic carbocycles. The van der Waals surface area contributed by atoms with Gasteiger partial charge in [0.15, 0.2) is 0 Å². The number of anilines is 3. The average molecular weight is 367 g/mol. The minimum Gasteiger partial charge on any atom is -0.382 e. The van der Waals surface area contributed by atoms with Crippen molar-refractivity contribution in [3.8, 4) is 0 Å². The zero-order valence-electron chi connectivity index (χ0n) is 14.9. The summed E-state index contributed by atoms with van der Waals surface area (Å²) in [5.74, 6) is 0.0299. The highest BCUT2D eigenvalue weighted by molar-refractivity contribution is 6.31. The van der Waals surface area contributed by atoms with E-state index in [1.165, 1.54) is 6.07 Å². The van der Waals surface area contributed by atoms with E-state index in [2.05, 4.69) is 16.0 Å². The molecule has 0 unspecified atom stereocenters. The van der Waals surface area contributed by atoms with Crippen LogP contribution in [0.15, 0.2) is 48.7 Å². The number of nitrogens with one attached hydrogen (secondary N) is 3. The van der Waals surface area contributed by atoms with Crippen molar-refractivity contribution < 1.29 is 13.9 Å². The third kappa shape index (κ3) is 3.95. The Labute approximate surface area is 157 Å². The maximum absolute atomic E-state index is 14.4. The molecule has 6 heteroatoms. The predicted octanol–water partition coefficient (Wildman–Crippen LogP) is 4.07. The molecule has 0 spiro atoms. The van der Waals surface area contributed by atoms with E-state index in [9.17, 15) is 9.18 Å². The second-order valence-electron chi connectivity index (χ2n) is 6.83. The molecule has 2 aliphatic heterocycles. The number of rotatable bonds is 5. The number of amides is 1. The largest absolute Gasteiger partial charge is 0.382 e. The first-order chi connectivity index (χ1) is 13.2. The van der Waals surface area contributed by atoms with E-state index >= 15 is 0 Å². The zero-order valence-corrected chi connectivity index (χ0v) is 14.9.